The lowest BCUT2D eigenvalue weighted by molar-refractivity contribution is 1.47. The summed E-state index contributed by atoms with van der Waals surface area (Å²) in [7, 11) is 0. The maximum Gasteiger partial charge on any atom is 0.0629 e. The van der Waals surface area contributed by atoms with Crippen LogP contribution >= 0.6 is 0 Å². The summed E-state index contributed by atoms with van der Waals surface area (Å²) in [5.74, 6) is 0. The minimum absolute atomic E-state index is 0.589. The molecule has 0 fully saturated rings. The van der Waals surface area contributed by atoms with Crippen molar-refractivity contribution in [1.82, 2.24) is 0 Å². The van der Waals surface area contributed by atoms with E-state index in [2.05, 4.69) is 36.4 Å². The predicted molar refractivity (Wildman–Crippen MR) is 74.1 cm³/mol. The summed E-state index contributed by atoms with van der Waals surface area (Å²) in [4.78, 5) is 0. The Morgan fingerprint density at radius 2 is 1.65 bits per heavy atom. The lowest BCUT2D eigenvalue weighted by Crippen LogP contribution is -1.81. The van der Waals surface area contributed by atoms with Crippen LogP contribution in [-0.2, 0) is 0 Å². The molecule has 0 spiro atoms. The molecule has 3 rings (SSSR count). The molecule has 0 nitrogen and oxygen atoms in total. The Bertz CT molecular complexity index is 708. The standard InChI is InChI=1S/C17H14/c1-13-9-11-15(12-10-13)17-8-4-6-14-5-2-3-7-16(14)17/h2-12H,1H3/i11D. The van der Waals surface area contributed by atoms with Gasteiger partial charge in [-0.1, -0.05) is 72.3 Å². The molecule has 0 saturated carbocycles. The quantitative estimate of drug-likeness (QED) is 0.550. The van der Waals surface area contributed by atoms with Crippen LogP contribution in [0.15, 0.2) is 66.7 Å². The number of hydrogen-bond donors (Lipinski definition) is 0. The molecule has 82 valence electrons. The summed E-state index contributed by atoms with van der Waals surface area (Å²) in [5.41, 5.74) is 3.26. The summed E-state index contributed by atoms with van der Waals surface area (Å²) >= 11 is 0. The highest BCUT2D eigenvalue weighted by molar-refractivity contribution is 5.96. The summed E-state index contributed by atoms with van der Waals surface area (Å²) in [6.45, 7) is 2.02. The third-order valence-electron chi connectivity index (χ3n) is 3.05. The van der Waals surface area contributed by atoms with E-state index in [1.807, 2.05) is 31.2 Å². The highest BCUT2D eigenvalue weighted by atomic mass is 14.1. The molecule has 0 aliphatic heterocycles. The first-order valence-corrected chi connectivity index (χ1v) is 5.81. The van der Waals surface area contributed by atoms with Crippen LogP contribution in [0.25, 0.3) is 21.9 Å². The van der Waals surface area contributed by atoms with Crippen LogP contribution in [0.2, 0.25) is 0 Å². The van der Waals surface area contributed by atoms with E-state index >= 15 is 0 Å². The largest absolute Gasteiger partial charge is 0.0629 e. The van der Waals surface area contributed by atoms with Gasteiger partial charge in [-0.15, -0.1) is 0 Å². The second kappa shape index (κ2) is 4.06. The topological polar surface area (TPSA) is 0 Å². The average Bonchev–Trinajstić information content (AvgIpc) is 2.38. The van der Waals surface area contributed by atoms with Crippen LogP contribution < -0.4 is 0 Å². The van der Waals surface area contributed by atoms with Crippen molar-refractivity contribution in [1.29, 1.82) is 0 Å². The Kier molecular flexibility index (Phi) is 2.15. The number of fused-ring (bicyclic) bond motifs is 1. The highest BCUT2D eigenvalue weighted by Gasteiger charge is 2.02. The molecule has 0 aliphatic carbocycles. The van der Waals surface area contributed by atoms with E-state index in [0.717, 1.165) is 16.7 Å². The van der Waals surface area contributed by atoms with Gasteiger partial charge in [-0.05, 0) is 28.8 Å². The van der Waals surface area contributed by atoms with Crippen LogP contribution in [-0.4, -0.2) is 0 Å². The van der Waals surface area contributed by atoms with Crippen molar-refractivity contribution in [2.45, 2.75) is 6.92 Å². The van der Waals surface area contributed by atoms with Crippen molar-refractivity contribution in [2.75, 3.05) is 0 Å². The zero-order valence-corrected chi connectivity index (χ0v) is 9.77. The lowest BCUT2D eigenvalue weighted by Gasteiger charge is -2.07. The third kappa shape index (κ3) is 1.83. The van der Waals surface area contributed by atoms with Gasteiger partial charge in [0.1, 0.15) is 0 Å². The molecule has 3 aromatic rings. The van der Waals surface area contributed by atoms with Crippen molar-refractivity contribution in [2.24, 2.45) is 0 Å². The van der Waals surface area contributed by atoms with Crippen LogP contribution in [0.3, 0.4) is 0 Å². The van der Waals surface area contributed by atoms with Crippen molar-refractivity contribution in [3.8, 4) is 11.1 Å². The van der Waals surface area contributed by atoms with Crippen LogP contribution in [0.4, 0.5) is 0 Å². The molecular formula is C17H14. The zero-order chi connectivity index (χ0) is 12.5. The van der Waals surface area contributed by atoms with Gasteiger partial charge < -0.3 is 0 Å². The SMILES string of the molecule is [2H]c1cc(C)ccc1-c1cccc2ccccc12. The Labute approximate surface area is 103 Å². The third-order valence-corrected chi connectivity index (χ3v) is 3.05. The molecule has 0 bridgehead atoms. The molecular weight excluding hydrogens is 204 g/mol. The fourth-order valence-electron chi connectivity index (χ4n) is 2.13. The minimum Gasteiger partial charge on any atom is -0.0616 e. The maximum atomic E-state index is 8.12. The number of benzene rings is 3. The molecule has 0 radical (unpaired) electrons. The number of aryl methyl sites for hydroxylation is 1. The van der Waals surface area contributed by atoms with Crippen LogP contribution in [0.5, 0.6) is 0 Å². The van der Waals surface area contributed by atoms with E-state index in [1.165, 1.54) is 10.8 Å². The van der Waals surface area contributed by atoms with Crippen LogP contribution in [0.1, 0.15) is 6.93 Å². The van der Waals surface area contributed by atoms with E-state index in [1.54, 1.807) is 0 Å². The van der Waals surface area contributed by atoms with Gasteiger partial charge in [-0.25, -0.2) is 0 Å². The summed E-state index contributed by atoms with van der Waals surface area (Å²) in [6.07, 6.45) is 0. The molecule has 0 N–H and O–H groups in total. The smallest absolute Gasteiger partial charge is 0.0616 e. The molecule has 0 heteroatoms. The highest BCUT2D eigenvalue weighted by Crippen LogP contribution is 2.28. The van der Waals surface area contributed by atoms with Crippen molar-refractivity contribution < 1.29 is 1.37 Å². The molecule has 3 aromatic carbocycles. The van der Waals surface area contributed by atoms with E-state index in [-0.39, 0.29) is 0 Å². The normalized spacial score (nSPS) is 11.5. The first kappa shape index (κ1) is 9.00. The van der Waals surface area contributed by atoms with E-state index in [0.29, 0.717) is 6.04 Å². The van der Waals surface area contributed by atoms with Crippen molar-refractivity contribution in [3.05, 3.63) is 72.3 Å². The summed E-state index contributed by atoms with van der Waals surface area (Å²) in [5, 5.41) is 2.42. The fourth-order valence-corrected chi connectivity index (χ4v) is 2.13. The first-order valence-electron chi connectivity index (χ1n) is 6.31. The van der Waals surface area contributed by atoms with Gasteiger partial charge in [0.2, 0.25) is 0 Å². The molecule has 0 amide bonds. The number of hydrogen-bond acceptors (Lipinski definition) is 0. The van der Waals surface area contributed by atoms with Gasteiger partial charge in [-0.3, -0.25) is 0 Å². The lowest BCUT2D eigenvalue weighted by atomic mass is 9.98. The van der Waals surface area contributed by atoms with Gasteiger partial charge in [0.15, 0.2) is 0 Å². The van der Waals surface area contributed by atoms with Crippen LogP contribution in [0, 0.1) is 6.92 Å². The second-order valence-electron chi connectivity index (χ2n) is 4.31. The Morgan fingerprint density at radius 1 is 0.824 bits per heavy atom. The molecule has 17 heavy (non-hydrogen) atoms. The Morgan fingerprint density at radius 3 is 2.53 bits per heavy atom. The van der Waals surface area contributed by atoms with Gasteiger partial charge in [0.25, 0.3) is 0 Å². The molecule has 0 heterocycles. The maximum absolute atomic E-state index is 8.12. The summed E-state index contributed by atoms with van der Waals surface area (Å²) < 4.78 is 8.12. The molecule has 0 saturated heterocycles. The Balaban J connectivity index is 2.31. The van der Waals surface area contributed by atoms with Gasteiger partial charge >= 0.3 is 0 Å². The van der Waals surface area contributed by atoms with Gasteiger partial charge in [0, 0.05) is 0 Å². The Hall–Kier alpha value is -2.08. The predicted octanol–water partition coefficient (Wildman–Crippen LogP) is 4.82. The molecule has 0 aromatic heterocycles. The zero-order valence-electron chi connectivity index (χ0n) is 10.8. The molecule has 0 unspecified atom stereocenters. The van der Waals surface area contributed by atoms with Crippen molar-refractivity contribution in [3.63, 3.8) is 0 Å². The van der Waals surface area contributed by atoms with Crippen molar-refractivity contribution >= 4 is 10.8 Å². The van der Waals surface area contributed by atoms with E-state index in [4.69, 9.17) is 1.37 Å². The molecule has 0 atom stereocenters. The monoisotopic (exact) mass is 219 g/mol. The second-order valence-corrected chi connectivity index (χ2v) is 4.31. The summed E-state index contributed by atoms with van der Waals surface area (Å²) in [6, 6.07) is 21.2. The average molecular weight is 219 g/mol. The van der Waals surface area contributed by atoms with E-state index < -0.39 is 0 Å². The molecule has 0 aliphatic rings. The van der Waals surface area contributed by atoms with Gasteiger partial charge in [0.05, 0.1) is 1.37 Å². The number of rotatable bonds is 1. The minimum atomic E-state index is 0.589. The van der Waals surface area contributed by atoms with E-state index in [9.17, 15) is 0 Å². The first-order chi connectivity index (χ1) is 8.75. The van der Waals surface area contributed by atoms with Gasteiger partial charge in [-0.2, -0.15) is 0 Å². The fraction of sp³-hybridized carbons (Fsp3) is 0.0588.